The van der Waals surface area contributed by atoms with Gasteiger partial charge in [-0.1, -0.05) is 71.1 Å². The molecule has 22 heavy (non-hydrogen) atoms. The van der Waals surface area contributed by atoms with Gasteiger partial charge in [-0.2, -0.15) is 0 Å². The van der Waals surface area contributed by atoms with Gasteiger partial charge in [0.25, 0.3) is 0 Å². The molecule has 4 heteroatoms. The van der Waals surface area contributed by atoms with Crippen LogP contribution in [0, 0.1) is 0 Å². The average molecular weight is 316 g/mol. The Morgan fingerprint density at radius 3 is 1.86 bits per heavy atom. The minimum atomic E-state index is -0.762. The smallest absolute Gasteiger partial charge is 0.302 e. The zero-order valence-electron chi connectivity index (χ0n) is 14.6. The third-order valence-electron chi connectivity index (χ3n) is 3.91. The number of rotatable bonds is 15. The van der Waals surface area contributed by atoms with Crippen LogP contribution in [0.5, 0.6) is 0 Å². The van der Waals surface area contributed by atoms with Crippen molar-refractivity contribution in [3.05, 3.63) is 0 Å². The summed E-state index contributed by atoms with van der Waals surface area (Å²) in [7, 11) is 0. The number of carbonyl (C=O) groups excluding carboxylic acids is 1. The zero-order chi connectivity index (χ0) is 16.6. The number of unbranched alkanes of at least 4 members (excludes halogenated alkanes) is 9. The fourth-order valence-corrected chi connectivity index (χ4v) is 2.58. The Kier molecular flexibility index (Phi) is 14.9. The highest BCUT2D eigenvalue weighted by molar-refractivity contribution is 5.65. The molecule has 0 radical (unpaired) electrons. The van der Waals surface area contributed by atoms with E-state index in [-0.39, 0.29) is 13.0 Å². The van der Waals surface area contributed by atoms with Crippen molar-refractivity contribution in [3.8, 4) is 0 Å². The minimum absolute atomic E-state index is 0.0234. The van der Waals surface area contributed by atoms with Crippen LogP contribution in [0.4, 0.5) is 0 Å². The van der Waals surface area contributed by atoms with Gasteiger partial charge in [0, 0.05) is 13.3 Å². The standard InChI is InChI=1S/C18H36O4/c1-3-4-5-6-7-8-9-10-11-12-13-17(20)14-18(21)15-22-16(2)19/h17-18,20-21H,3-15H2,1-2H3. The van der Waals surface area contributed by atoms with Crippen molar-refractivity contribution in [1.82, 2.24) is 0 Å². The monoisotopic (exact) mass is 316 g/mol. The summed E-state index contributed by atoms with van der Waals surface area (Å²) in [5, 5.41) is 19.4. The number of esters is 1. The van der Waals surface area contributed by atoms with Crippen LogP contribution in [-0.4, -0.2) is 35.0 Å². The number of carbonyl (C=O) groups is 1. The lowest BCUT2D eigenvalue weighted by molar-refractivity contribution is -0.144. The van der Waals surface area contributed by atoms with Crippen molar-refractivity contribution in [1.29, 1.82) is 0 Å². The third-order valence-corrected chi connectivity index (χ3v) is 3.91. The molecule has 0 heterocycles. The topological polar surface area (TPSA) is 66.8 Å². The lowest BCUT2D eigenvalue weighted by Gasteiger charge is -2.15. The summed E-state index contributed by atoms with van der Waals surface area (Å²) in [6.07, 6.45) is 12.5. The number of hydrogen-bond acceptors (Lipinski definition) is 4. The molecule has 0 saturated heterocycles. The molecular weight excluding hydrogens is 280 g/mol. The second-order valence-corrected chi connectivity index (χ2v) is 6.32. The quantitative estimate of drug-likeness (QED) is 0.354. The summed E-state index contributed by atoms with van der Waals surface area (Å²) in [5.74, 6) is -0.400. The first-order valence-electron chi connectivity index (χ1n) is 9.05. The van der Waals surface area contributed by atoms with Crippen molar-refractivity contribution < 1.29 is 19.7 Å². The van der Waals surface area contributed by atoms with Crippen LogP contribution >= 0.6 is 0 Å². The maximum atomic E-state index is 10.6. The van der Waals surface area contributed by atoms with E-state index < -0.39 is 18.2 Å². The Labute approximate surface area is 136 Å². The Balaban J connectivity index is 3.30. The molecule has 0 aliphatic carbocycles. The molecular formula is C18H36O4. The van der Waals surface area contributed by atoms with Gasteiger partial charge < -0.3 is 14.9 Å². The van der Waals surface area contributed by atoms with Crippen molar-refractivity contribution >= 4 is 5.97 Å². The number of ether oxygens (including phenoxy) is 1. The van der Waals surface area contributed by atoms with Crippen LogP contribution in [-0.2, 0) is 9.53 Å². The van der Waals surface area contributed by atoms with Gasteiger partial charge in [0.05, 0.1) is 12.2 Å². The first-order valence-corrected chi connectivity index (χ1v) is 9.05. The van der Waals surface area contributed by atoms with Gasteiger partial charge in [0.2, 0.25) is 0 Å². The van der Waals surface area contributed by atoms with E-state index in [9.17, 15) is 15.0 Å². The lowest BCUT2D eigenvalue weighted by atomic mass is 10.0. The Bertz CT molecular complexity index is 255. The summed E-state index contributed by atoms with van der Waals surface area (Å²) in [6.45, 7) is 3.53. The normalized spacial score (nSPS) is 13.8. The van der Waals surface area contributed by atoms with Gasteiger partial charge in [0.1, 0.15) is 6.61 Å². The summed E-state index contributed by atoms with van der Waals surface area (Å²) in [5.41, 5.74) is 0. The Hall–Kier alpha value is -0.610. The van der Waals surface area contributed by atoms with E-state index >= 15 is 0 Å². The maximum absolute atomic E-state index is 10.6. The zero-order valence-corrected chi connectivity index (χ0v) is 14.6. The molecule has 132 valence electrons. The largest absolute Gasteiger partial charge is 0.463 e. The predicted molar refractivity (Wildman–Crippen MR) is 89.7 cm³/mol. The van der Waals surface area contributed by atoms with Crippen LogP contribution in [0.2, 0.25) is 0 Å². The Morgan fingerprint density at radius 1 is 0.864 bits per heavy atom. The first-order chi connectivity index (χ1) is 10.6. The van der Waals surface area contributed by atoms with E-state index in [1.54, 1.807) is 0 Å². The SMILES string of the molecule is CCCCCCCCCCCCC(O)CC(O)COC(C)=O. The summed E-state index contributed by atoms with van der Waals surface area (Å²) in [6, 6.07) is 0. The van der Waals surface area contributed by atoms with Crippen LogP contribution in [0.1, 0.15) is 90.9 Å². The molecule has 0 amide bonds. The van der Waals surface area contributed by atoms with E-state index in [1.807, 2.05) is 0 Å². The van der Waals surface area contributed by atoms with Gasteiger partial charge >= 0.3 is 5.97 Å². The van der Waals surface area contributed by atoms with E-state index in [0.29, 0.717) is 6.42 Å². The van der Waals surface area contributed by atoms with Gasteiger partial charge in [-0.3, -0.25) is 4.79 Å². The second kappa shape index (κ2) is 15.3. The summed E-state index contributed by atoms with van der Waals surface area (Å²) >= 11 is 0. The molecule has 2 N–H and O–H groups in total. The Morgan fingerprint density at radius 2 is 1.36 bits per heavy atom. The van der Waals surface area contributed by atoms with Gasteiger partial charge in [0.15, 0.2) is 0 Å². The molecule has 0 aromatic carbocycles. The first kappa shape index (κ1) is 21.4. The fourth-order valence-electron chi connectivity index (χ4n) is 2.58. The molecule has 0 fully saturated rings. The van der Waals surface area contributed by atoms with E-state index in [0.717, 1.165) is 12.8 Å². The number of hydrogen-bond donors (Lipinski definition) is 2. The lowest BCUT2D eigenvalue weighted by Crippen LogP contribution is -2.23. The minimum Gasteiger partial charge on any atom is -0.463 e. The highest BCUT2D eigenvalue weighted by Crippen LogP contribution is 2.13. The van der Waals surface area contributed by atoms with Crippen LogP contribution in [0.25, 0.3) is 0 Å². The molecule has 0 aromatic heterocycles. The summed E-state index contributed by atoms with van der Waals surface area (Å²) < 4.78 is 4.71. The highest BCUT2D eigenvalue weighted by atomic mass is 16.5. The predicted octanol–water partition coefficient (Wildman–Crippen LogP) is 3.97. The molecule has 0 spiro atoms. The van der Waals surface area contributed by atoms with Crippen molar-refractivity contribution in [2.24, 2.45) is 0 Å². The van der Waals surface area contributed by atoms with Gasteiger partial charge in [-0.15, -0.1) is 0 Å². The average Bonchev–Trinajstić information content (AvgIpc) is 2.47. The molecule has 0 rings (SSSR count). The van der Waals surface area contributed by atoms with Gasteiger partial charge in [-0.25, -0.2) is 0 Å². The van der Waals surface area contributed by atoms with Crippen LogP contribution in [0.3, 0.4) is 0 Å². The van der Waals surface area contributed by atoms with E-state index in [4.69, 9.17) is 4.74 Å². The van der Waals surface area contributed by atoms with Crippen LogP contribution in [0.15, 0.2) is 0 Å². The molecule has 0 aliphatic heterocycles. The van der Waals surface area contributed by atoms with Crippen LogP contribution < -0.4 is 0 Å². The van der Waals surface area contributed by atoms with E-state index in [1.165, 1.54) is 58.3 Å². The second-order valence-electron chi connectivity index (χ2n) is 6.32. The molecule has 0 aliphatic rings. The molecule has 0 saturated carbocycles. The number of aliphatic hydroxyl groups is 2. The maximum Gasteiger partial charge on any atom is 0.302 e. The molecule has 2 unspecified atom stereocenters. The van der Waals surface area contributed by atoms with E-state index in [2.05, 4.69) is 6.92 Å². The molecule has 0 bridgehead atoms. The summed E-state index contributed by atoms with van der Waals surface area (Å²) in [4.78, 5) is 10.6. The third kappa shape index (κ3) is 15.8. The van der Waals surface area contributed by atoms with Crippen molar-refractivity contribution in [2.75, 3.05) is 6.61 Å². The van der Waals surface area contributed by atoms with Crippen molar-refractivity contribution in [2.45, 2.75) is 103 Å². The van der Waals surface area contributed by atoms with Crippen molar-refractivity contribution in [3.63, 3.8) is 0 Å². The number of aliphatic hydroxyl groups excluding tert-OH is 2. The fraction of sp³-hybridized carbons (Fsp3) is 0.944. The molecule has 4 nitrogen and oxygen atoms in total. The van der Waals surface area contributed by atoms with Gasteiger partial charge in [-0.05, 0) is 6.42 Å². The molecule has 2 atom stereocenters. The highest BCUT2D eigenvalue weighted by Gasteiger charge is 2.12. The molecule has 0 aromatic rings.